The molecule has 1 aromatic heterocycles. The third-order valence-electron chi connectivity index (χ3n) is 3.38. The second kappa shape index (κ2) is 6.60. The molecular formula is C14H23N3. The summed E-state index contributed by atoms with van der Waals surface area (Å²) >= 11 is 0. The van der Waals surface area contributed by atoms with Crippen LogP contribution < -0.4 is 5.32 Å². The number of aromatic nitrogens is 2. The zero-order chi connectivity index (χ0) is 11.9. The fourth-order valence-corrected chi connectivity index (χ4v) is 2.38. The van der Waals surface area contributed by atoms with Crippen molar-refractivity contribution in [3.63, 3.8) is 0 Å². The number of hydrogen-bond donors (Lipinski definition) is 1. The molecule has 0 aromatic carbocycles. The molecule has 0 fully saturated rings. The first-order valence-corrected chi connectivity index (χ1v) is 6.75. The highest BCUT2D eigenvalue weighted by atomic mass is 15.1. The summed E-state index contributed by atoms with van der Waals surface area (Å²) in [6, 6.07) is 0. The van der Waals surface area contributed by atoms with Gasteiger partial charge in [-0.05, 0) is 38.1 Å². The van der Waals surface area contributed by atoms with Crippen molar-refractivity contribution in [2.75, 3.05) is 6.54 Å². The van der Waals surface area contributed by atoms with Crippen molar-refractivity contribution in [2.24, 2.45) is 5.92 Å². The second-order valence-electron chi connectivity index (χ2n) is 4.86. The van der Waals surface area contributed by atoms with Crippen LogP contribution in [-0.2, 0) is 13.1 Å². The van der Waals surface area contributed by atoms with Crippen molar-refractivity contribution in [1.82, 2.24) is 14.9 Å². The van der Waals surface area contributed by atoms with Gasteiger partial charge in [0.15, 0.2) is 0 Å². The molecule has 1 heterocycles. The normalized spacial score (nSPS) is 19.7. The zero-order valence-corrected chi connectivity index (χ0v) is 10.7. The van der Waals surface area contributed by atoms with Crippen molar-refractivity contribution in [2.45, 2.75) is 45.7 Å². The van der Waals surface area contributed by atoms with Gasteiger partial charge in [-0.25, -0.2) is 4.98 Å². The highest BCUT2D eigenvalue weighted by Gasteiger charge is 2.09. The number of hydrogen-bond acceptors (Lipinski definition) is 2. The summed E-state index contributed by atoms with van der Waals surface area (Å²) in [5.74, 6) is 0.822. The Morgan fingerprint density at radius 1 is 1.47 bits per heavy atom. The predicted octanol–water partition coefficient (Wildman–Crippen LogP) is 2.74. The number of imidazole rings is 1. The highest BCUT2D eigenvalue weighted by molar-refractivity contribution is 4.98. The predicted molar refractivity (Wildman–Crippen MR) is 70.7 cm³/mol. The molecule has 94 valence electrons. The summed E-state index contributed by atoms with van der Waals surface area (Å²) in [4.78, 5) is 4.22. The molecule has 2 rings (SSSR count). The van der Waals surface area contributed by atoms with E-state index in [-0.39, 0.29) is 0 Å². The van der Waals surface area contributed by atoms with Crippen LogP contribution in [0.4, 0.5) is 0 Å². The molecule has 1 atom stereocenters. The maximum absolute atomic E-state index is 4.22. The number of aryl methyl sites for hydroxylation is 1. The topological polar surface area (TPSA) is 29.9 Å². The molecule has 3 nitrogen and oxygen atoms in total. The molecule has 3 heteroatoms. The van der Waals surface area contributed by atoms with E-state index in [4.69, 9.17) is 0 Å². The molecule has 1 aliphatic rings. The van der Waals surface area contributed by atoms with E-state index >= 15 is 0 Å². The molecule has 17 heavy (non-hydrogen) atoms. The van der Waals surface area contributed by atoms with Gasteiger partial charge in [-0.15, -0.1) is 0 Å². The largest absolute Gasteiger partial charge is 0.333 e. The van der Waals surface area contributed by atoms with E-state index in [1.54, 1.807) is 0 Å². The standard InChI is InChI=1S/C14H23N3/c1-2-8-17-12-16-11-14(17)10-15-9-13-6-4-3-5-7-13/h3-4,11-13,15H,2,5-10H2,1H3. The summed E-state index contributed by atoms with van der Waals surface area (Å²) in [6.07, 6.45) is 13.5. The lowest BCUT2D eigenvalue weighted by Crippen LogP contribution is -2.24. The molecule has 0 saturated carbocycles. The van der Waals surface area contributed by atoms with Gasteiger partial charge < -0.3 is 9.88 Å². The maximum Gasteiger partial charge on any atom is 0.0948 e. The van der Waals surface area contributed by atoms with Gasteiger partial charge in [0.05, 0.1) is 12.0 Å². The fourth-order valence-electron chi connectivity index (χ4n) is 2.38. The molecule has 0 saturated heterocycles. The molecular weight excluding hydrogens is 210 g/mol. The van der Waals surface area contributed by atoms with E-state index in [2.05, 4.69) is 33.9 Å². The number of allylic oxidation sites excluding steroid dienone is 2. The lowest BCUT2D eigenvalue weighted by Gasteiger charge is -2.18. The van der Waals surface area contributed by atoms with E-state index in [1.165, 1.54) is 25.0 Å². The first-order valence-electron chi connectivity index (χ1n) is 6.75. The Bertz CT molecular complexity index is 354. The van der Waals surface area contributed by atoms with Crippen molar-refractivity contribution < 1.29 is 0 Å². The third kappa shape index (κ3) is 3.70. The van der Waals surface area contributed by atoms with Gasteiger partial charge in [-0.3, -0.25) is 0 Å². The molecule has 0 amide bonds. The van der Waals surface area contributed by atoms with Crippen LogP contribution in [0, 0.1) is 5.92 Å². The van der Waals surface area contributed by atoms with Crippen LogP contribution in [-0.4, -0.2) is 16.1 Å². The zero-order valence-electron chi connectivity index (χ0n) is 10.7. The average molecular weight is 233 g/mol. The molecule has 1 aromatic rings. The fraction of sp³-hybridized carbons (Fsp3) is 0.643. The quantitative estimate of drug-likeness (QED) is 0.766. The smallest absolute Gasteiger partial charge is 0.0948 e. The van der Waals surface area contributed by atoms with E-state index < -0.39 is 0 Å². The van der Waals surface area contributed by atoms with Gasteiger partial charge >= 0.3 is 0 Å². The minimum Gasteiger partial charge on any atom is -0.333 e. The summed E-state index contributed by atoms with van der Waals surface area (Å²) in [5.41, 5.74) is 1.30. The first-order chi connectivity index (χ1) is 8.40. The Balaban J connectivity index is 1.73. The van der Waals surface area contributed by atoms with Gasteiger partial charge in [0, 0.05) is 19.3 Å². The van der Waals surface area contributed by atoms with Crippen molar-refractivity contribution >= 4 is 0 Å². The highest BCUT2D eigenvalue weighted by Crippen LogP contribution is 2.17. The number of nitrogens with one attached hydrogen (secondary N) is 1. The number of rotatable bonds is 6. The van der Waals surface area contributed by atoms with E-state index in [1.807, 2.05) is 12.5 Å². The van der Waals surface area contributed by atoms with Crippen LogP contribution in [0.3, 0.4) is 0 Å². The van der Waals surface area contributed by atoms with E-state index in [9.17, 15) is 0 Å². The summed E-state index contributed by atoms with van der Waals surface area (Å²) < 4.78 is 2.24. The van der Waals surface area contributed by atoms with Crippen LogP contribution in [0.15, 0.2) is 24.7 Å². The minimum absolute atomic E-state index is 0.822. The third-order valence-corrected chi connectivity index (χ3v) is 3.38. The molecule has 0 spiro atoms. The second-order valence-corrected chi connectivity index (χ2v) is 4.86. The molecule has 1 unspecified atom stereocenters. The monoisotopic (exact) mass is 233 g/mol. The molecule has 1 N–H and O–H groups in total. The van der Waals surface area contributed by atoms with Gasteiger partial charge in [0.25, 0.3) is 0 Å². The average Bonchev–Trinajstić information content (AvgIpc) is 2.79. The Morgan fingerprint density at radius 2 is 2.41 bits per heavy atom. The lowest BCUT2D eigenvalue weighted by atomic mass is 9.94. The van der Waals surface area contributed by atoms with Crippen LogP contribution >= 0.6 is 0 Å². The minimum atomic E-state index is 0.822. The van der Waals surface area contributed by atoms with Crippen LogP contribution in [0.1, 0.15) is 38.3 Å². The van der Waals surface area contributed by atoms with Crippen molar-refractivity contribution in [3.8, 4) is 0 Å². The lowest BCUT2D eigenvalue weighted by molar-refractivity contribution is 0.436. The molecule has 0 radical (unpaired) electrons. The number of nitrogens with zero attached hydrogens (tertiary/aromatic N) is 2. The van der Waals surface area contributed by atoms with Crippen molar-refractivity contribution in [3.05, 3.63) is 30.4 Å². The Morgan fingerprint density at radius 3 is 3.18 bits per heavy atom. The van der Waals surface area contributed by atoms with E-state index in [0.717, 1.165) is 32.0 Å². The van der Waals surface area contributed by atoms with Crippen LogP contribution in [0.5, 0.6) is 0 Å². The Hall–Kier alpha value is -1.09. The molecule has 0 aliphatic heterocycles. The summed E-state index contributed by atoms with van der Waals surface area (Å²) in [7, 11) is 0. The van der Waals surface area contributed by atoms with Gasteiger partial charge in [-0.2, -0.15) is 0 Å². The SMILES string of the molecule is CCCn1cncc1CNCC1CC=CCC1. The molecule has 0 bridgehead atoms. The van der Waals surface area contributed by atoms with Crippen LogP contribution in [0.2, 0.25) is 0 Å². The first kappa shape index (κ1) is 12.4. The van der Waals surface area contributed by atoms with Crippen molar-refractivity contribution in [1.29, 1.82) is 0 Å². The summed E-state index contributed by atoms with van der Waals surface area (Å²) in [5, 5.41) is 3.56. The van der Waals surface area contributed by atoms with E-state index in [0.29, 0.717) is 0 Å². The maximum atomic E-state index is 4.22. The Labute approximate surface area is 104 Å². The van der Waals surface area contributed by atoms with Gasteiger partial charge in [0.1, 0.15) is 0 Å². The van der Waals surface area contributed by atoms with Gasteiger partial charge in [0.2, 0.25) is 0 Å². The molecule has 1 aliphatic carbocycles. The summed E-state index contributed by atoms with van der Waals surface area (Å²) in [6.45, 7) is 5.34. The van der Waals surface area contributed by atoms with Crippen LogP contribution in [0.25, 0.3) is 0 Å². The van der Waals surface area contributed by atoms with Gasteiger partial charge in [-0.1, -0.05) is 19.1 Å². The Kier molecular flexibility index (Phi) is 4.80.